The van der Waals surface area contributed by atoms with E-state index in [1.165, 1.54) is 19.4 Å². The fourth-order valence-electron chi connectivity index (χ4n) is 2.72. The summed E-state index contributed by atoms with van der Waals surface area (Å²) in [5, 5.41) is 13.4. The van der Waals surface area contributed by atoms with Crippen LogP contribution >= 0.6 is 0 Å². The molecule has 0 saturated carbocycles. The molecule has 1 fully saturated rings. The summed E-state index contributed by atoms with van der Waals surface area (Å²) in [6, 6.07) is 10.5. The van der Waals surface area contributed by atoms with E-state index >= 15 is 0 Å². The van der Waals surface area contributed by atoms with E-state index < -0.39 is 6.10 Å². The van der Waals surface area contributed by atoms with E-state index in [2.05, 4.69) is 17.1 Å². The zero-order valence-corrected chi connectivity index (χ0v) is 11.2. The Labute approximate surface area is 110 Å². The van der Waals surface area contributed by atoms with Gasteiger partial charge in [0.2, 0.25) is 0 Å². The summed E-state index contributed by atoms with van der Waals surface area (Å²) in [6.07, 6.45) is 2.19. The highest BCUT2D eigenvalue weighted by Gasteiger charge is 2.22. The molecule has 1 aromatic carbocycles. The molecule has 1 saturated heterocycles. The van der Waals surface area contributed by atoms with Gasteiger partial charge in [0.15, 0.2) is 0 Å². The van der Waals surface area contributed by atoms with Crippen LogP contribution < -0.4 is 5.32 Å². The zero-order valence-electron chi connectivity index (χ0n) is 11.2. The summed E-state index contributed by atoms with van der Waals surface area (Å²) in [5.74, 6) is 0. The van der Waals surface area contributed by atoms with Crippen molar-refractivity contribution in [2.75, 3.05) is 26.2 Å². The topological polar surface area (TPSA) is 35.5 Å². The smallest absolute Gasteiger partial charge is 0.0914 e. The molecule has 18 heavy (non-hydrogen) atoms. The van der Waals surface area contributed by atoms with Crippen molar-refractivity contribution in [1.29, 1.82) is 0 Å². The van der Waals surface area contributed by atoms with Gasteiger partial charge in [-0.1, -0.05) is 37.3 Å². The molecule has 1 heterocycles. The molecule has 1 aliphatic rings. The molecule has 3 nitrogen and oxygen atoms in total. The molecule has 0 bridgehead atoms. The first-order chi connectivity index (χ1) is 8.81. The van der Waals surface area contributed by atoms with Gasteiger partial charge in [0.1, 0.15) is 0 Å². The van der Waals surface area contributed by atoms with Crippen LogP contribution in [0.2, 0.25) is 0 Å². The fraction of sp³-hybridized carbons (Fsp3) is 0.600. The second kappa shape index (κ2) is 6.88. The Hall–Kier alpha value is -0.900. The van der Waals surface area contributed by atoms with Gasteiger partial charge in [-0.3, -0.25) is 4.90 Å². The number of aliphatic hydroxyl groups is 1. The number of nitrogens with one attached hydrogen (secondary N) is 1. The average molecular weight is 248 g/mol. The molecule has 1 aliphatic heterocycles. The van der Waals surface area contributed by atoms with Crippen LogP contribution in [0.4, 0.5) is 0 Å². The third-order valence-corrected chi connectivity index (χ3v) is 3.81. The zero-order chi connectivity index (χ0) is 12.8. The molecule has 100 valence electrons. The van der Waals surface area contributed by atoms with Crippen LogP contribution in [0.5, 0.6) is 0 Å². The normalized spacial score (nSPS) is 22.2. The molecule has 0 spiro atoms. The van der Waals surface area contributed by atoms with Crippen molar-refractivity contribution >= 4 is 0 Å². The van der Waals surface area contributed by atoms with Crippen molar-refractivity contribution in [3.05, 3.63) is 35.9 Å². The van der Waals surface area contributed by atoms with Crippen LogP contribution in [0.1, 0.15) is 31.4 Å². The van der Waals surface area contributed by atoms with Gasteiger partial charge in [0.25, 0.3) is 0 Å². The Balaban J connectivity index is 1.72. The lowest BCUT2D eigenvalue weighted by Gasteiger charge is -2.23. The standard InChI is InChI=1S/C15H24N2O/c1-2-17-10-6-9-14(17)11-16-12-15(18)13-7-4-3-5-8-13/h3-5,7-8,14-16,18H,2,6,9-12H2,1H3/t14-,15-/m0/s1. The SMILES string of the molecule is CCN1CCC[C@H]1CNC[C@H](O)c1ccccc1. The minimum absolute atomic E-state index is 0.400. The molecule has 0 radical (unpaired) electrons. The fourth-order valence-corrected chi connectivity index (χ4v) is 2.72. The van der Waals surface area contributed by atoms with Crippen LogP contribution in [-0.2, 0) is 0 Å². The molecule has 0 unspecified atom stereocenters. The molecule has 2 atom stereocenters. The van der Waals surface area contributed by atoms with E-state index in [1.54, 1.807) is 0 Å². The van der Waals surface area contributed by atoms with Gasteiger partial charge in [-0.05, 0) is 31.5 Å². The molecule has 2 rings (SSSR count). The number of hydrogen-bond donors (Lipinski definition) is 2. The van der Waals surface area contributed by atoms with Crippen LogP contribution in [-0.4, -0.2) is 42.2 Å². The lowest BCUT2D eigenvalue weighted by molar-refractivity contribution is 0.168. The third-order valence-electron chi connectivity index (χ3n) is 3.81. The quantitative estimate of drug-likeness (QED) is 0.806. The van der Waals surface area contributed by atoms with Crippen molar-refractivity contribution in [2.45, 2.75) is 31.9 Å². The summed E-state index contributed by atoms with van der Waals surface area (Å²) in [4.78, 5) is 2.52. The maximum Gasteiger partial charge on any atom is 0.0914 e. The number of likely N-dealkylation sites (tertiary alicyclic amines) is 1. The monoisotopic (exact) mass is 248 g/mol. The summed E-state index contributed by atoms with van der Waals surface area (Å²) in [5.41, 5.74) is 0.990. The highest BCUT2D eigenvalue weighted by Crippen LogP contribution is 2.16. The number of rotatable bonds is 6. The van der Waals surface area contributed by atoms with Crippen molar-refractivity contribution in [1.82, 2.24) is 10.2 Å². The average Bonchev–Trinajstić information content (AvgIpc) is 2.87. The largest absolute Gasteiger partial charge is 0.387 e. The summed E-state index contributed by atoms with van der Waals surface area (Å²) >= 11 is 0. The first-order valence-electron chi connectivity index (χ1n) is 6.99. The first-order valence-corrected chi connectivity index (χ1v) is 6.99. The van der Waals surface area contributed by atoms with Crippen molar-refractivity contribution in [3.63, 3.8) is 0 Å². The Bertz CT molecular complexity index is 342. The molecular weight excluding hydrogens is 224 g/mol. The van der Waals surface area contributed by atoms with Gasteiger partial charge in [-0.2, -0.15) is 0 Å². The van der Waals surface area contributed by atoms with Crippen LogP contribution in [0, 0.1) is 0 Å². The molecule has 1 aromatic rings. The Morgan fingerprint density at radius 1 is 1.39 bits per heavy atom. The van der Waals surface area contributed by atoms with E-state index in [9.17, 15) is 5.11 Å². The van der Waals surface area contributed by atoms with Gasteiger partial charge >= 0.3 is 0 Å². The molecule has 2 N–H and O–H groups in total. The van der Waals surface area contributed by atoms with Crippen molar-refractivity contribution in [3.8, 4) is 0 Å². The summed E-state index contributed by atoms with van der Waals surface area (Å²) in [6.45, 7) is 6.20. The number of hydrogen-bond acceptors (Lipinski definition) is 3. The first kappa shape index (κ1) is 13.5. The minimum atomic E-state index is -0.400. The highest BCUT2D eigenvalue weighted by atomic mass is 16.3. The van der Waals surface area contributed by atoms with Crippen LogP contribution in [0.3, 0.4) is 0 Å². The summed E-state index contributed by atoms with van der Waals surface area (Å²) in [7, 11) is 0. The Kier molecular flexibility index (Phi) is 5.17. The molecule has 3 heteroatoms. The maximum atomic E-state index is 10.0. The molecule has 0 aromatic heterocycles. The van der Waals surface area contributed by atoms with E-state index in [4.69, 9.17) is 0 Å². The number of aliphatic hydroxyl groups excluding tert-OH is 1. The van der Waals surface area contributed by atoms with Crippen LogP contribution in [0.25, 0.3) is 0 Å². The van der Waals surface area contributed by atoms with Crippen LogP contribution in [0.15, 0.2) is 30.3 Å². The van der Waals surface area contributed by atoms with Gasteiger partial charge in [0, 0.05) is 19.1 Å². The molecule has 0 amide bonds. The lowest BCUT2D eigenvalue weighted by atomic mass is 10.1. The van der Waals surface area contributed by atoms with E-state index in [1.807, 2.05) is 30.3 Å². The van der Waals surface area contributed by atoms with Crippen molar-refractivity contribution < 1.29 is 5.11 Å². The Morgan fingerprint density at radius 2 is 2.17 bits per heavy atom. The Morgan fingerprint density at radius 3 is 2.89 bits per heavy atom. The van der Waals surface area contributed by atoms with E-state index in [0.717, 1.165) is 18.7 Å². The summed E-state index contributed by atoms with van der Waals surface area (Å²) < 4.78 is 0. The lowest BCUT2D eigenvalue weighted by Crippen LogP contribution is -2.39. The van der Waals surface area contributed by atoms with Gasteiger partial charge in [-0.25, -0.2) is 0 Å². The third kappa shape index (κ3) is 3.55. The number of benzene rings is 1. The highest BCUT2D eigenvalue weighted by molar-refractivity contribution is 5.17. The number of nitrogens with zero attached hydrogens (tertiary/aromatic N) is 1. The maximum absolute atomic E-state index is 10.0. The predicted molar refractivity (Wildman–Crippen MR) is 74.5 cm³/mol. The number of likely N-dealkylation sites (N-methyl/N-ethyl adjacent to an activating group) is 1. The molecular formula is C15H24N2O. The second-order valence-corrected chi connectivity index (χ2v) is 5.01. The van der Waals surface area contributed by atoms with E-state index in [0.29, 0.717) is 12.6 Å². The van der Waals surface area contributed by atoms with Gasteiger partial charge in [-0.15, -0.1) is 0 Å². The van der Waals surface area contributed by atoms with Gasteiger partial charge < -0.3 is 10.4 Å². The second-order valence-electron chi connectivity index (χ2n) is 5.01. The minimum Gasteiger partial charge on any atom is -0.387 e. The molecule has 0 aliphatic carbocycles. The van der Waals surface area contributed by atoms with E-state index in [-0.39, 0.29) is 0 Å². The van der Waals surface area contributed by atoms with Crippen molar-refractivity contribution in [2.24, 2.45) is 0 Å². The van der Waals surface area contributed by atoms with Gasteiger partial charge in [0.05, 0.1) is 6.10 Å². The predicted octanol–water partition coefficient (Wildman–Crippen LogP) is 1.79.